The number of amides is 1. The van der Waals surface area contributed by atoms with Gasteiger partial charge in [-0.1, -0.05) is 53.8 Å². The zero-order valence-corrected chi connectivity index (χ0v) is 18.7. The fourth-order valence-electron chi connectivity index (χ4n) is 4.48. The van der Waals surface area contributed by atoms with Crippen molar-refractivity contribution >= 4 is 33.2 Å². The van der Waals surface area contributed by atoms with Crippen LogP contribution >= 0.6 is 11.3 Å². The average molecular weight is 447 g/mol. The summed E-state index contributed by atoms with van der Waals surface area (Å²) in [5.41, 5.74) is 2.72. The first-order valence-corrected chi connectivity index (χ1v) is 11.9. The number of hydrogen-bond acceptors (Lipinski definition) is 5. The lowest BCUT2D eigenvalue weighted by molar-refractivity contribution is 0.0947. The first kappa shape index (κ1) is 20.8. The number of piperidine rings is 1. The predicted octanol–water partition coefficient (Wildman–Crippen LogP) is 3.59. The Balaban J connectivity index is 1.14. The lowest BCUT2D eigenvalue weighted by Crippen LogP contribution is -2.40. The number of carbonyl (C=O) groups excluding carboxylic acids is 1. The van der Waals surface area contributed by atoms with Crippen molar-refractivity contribution in [2.24, 2.45) is 5.92 Å². The Morgan fingerprint density at radius 1 is 1.06 bits per heavy atom. The molecule has 0 unspecified atom stereocenters. The van der Waals surface area contributed by atoms with Gasteiger partial charge in [-0.05, 0) is 56.0 Å². The van der Waals surface area contributed by atoms with Gasteiger partial charge in [0.2, 0.25) is 0 Å². The molecule has 0 bridgehead atoms. The van der Waals surface area contributed by atoms with Gasteiger partial charge >= 0.3 is 0 Å². The van der Waals surface area contributed by atoms with Gasteiger partial charge in [0.05, 0.1) is 11.0 Å². The number of nitrogens with one attached hydrogen (secondary N) is 1. The summed E-state index contributed by atoms with van der Waals surface area (Å²) in [6.07, 6.45) is 3.53. The third-order valence-corrected chi connectivity index (χ3v) is 7.20. The molecule has 2 aromatic carbocycles. The standard InChI is InChI=1S/C25H26N4O2S/c30-23-17-22(32-25-27-20-8-4-5-9-21(20)29(23)25)24(31)26-12-15-28-13-10-19(11-14-28)16-18-6-2-1-3-7-18/h1-9,17,19H,10-16H2,(H,26,31). The summed E-state index contributed by atoms with van der Waals surface area (Å²) in [7, 11) is 0. The van der Waals surface area contributed by atoms with Crippen molar-refractivity contribution < 1.29 is 4.79 Å². The molecule has 5 rings (SSSR count). The molecular weight excluding hydrogens is 420 g/mol. The fourth-order valence-corrected chi connectivity index (χ4v) is 5.42. The molecule has 0 radical (unpaired) electrons. The van der Waals surface area contributed by atoms with Crippen LogP contribution in [0, 0.1) is 5.92 Å². The first-order chi connectivity index (χ1) is 15.7. The molecule has 1 aliphatic rings. The SMILES string of the molecule is O=C(NCCN1CCC(Cc2ccccc2)CC1)c1cc(=O)n2c(nc3ccccc32)s1. The minimum atomic E-state index is -0.224. The van der Waals surface area contributed by atoms with Crippen LogP contribution in [0.25, 0.3) is 16.0 Å². The quantitative estimate of drug-likeness (QED) is 0.492. The number of likely N-dealkylation sites (tertiary alicyclic amines) is 1. The minimum Gasteiger partial charge on any atom is -0.350 e. The average Bonchev–Trinajstić information content (AvgIpc) is 3.20. The van der Waals surface area contributed by atoms with Gasteiger partial charge in [-0.25, -0.2) is 4.98 Å². The number of nitrogens with zero attached hydrogens (tertiary/aromatic N) is 3. The van der Waals surface area contributed by atoms with Crippen molar-refractivity contribution in [3.63, 3.8) is 0 Å². The molecule has 3 heterocycles. The van der Waals surface area contributed by atoms with E-state index in [1.165, 1.54) is 35.8 Å². The van der Waals surface area contributed by atoms with E-state index in [-0.39, 0.29) is 11.5 Å². The van der Waals surface area contributed by atoms with E-state index >= 15 is 0 Å². The molecule has 0 spiro atoms. The second kappa shape index (κ2) is 9.22. The summed E-state index contributed by atoms with van der Waals surface area (Å²) >= 11 is 1.25. The van der Waals surface area contributed by atoms with E-state index in [1.807, 2.05) is 24.3 Å². The topological polar surface area (TPSA) is 66.7 Å². The largest absolute Gasteiger partial charge is 0.350 e. The van der Waals surface area contributed by atoms with Gasteiger partial charge in [-0.2, -0.15) is 0 Å². The highest BCUT2D eigenvalue weighted by atomic mass is 32.1. The number of hydrogen-bond donors (Lipinski definition) is 1. The van der Waals surface area contributed by atoms with Gasteiger partial charge in [-0.3, -0.25) is 14.0 Å². The highest BCUT2D eigenvalue weighted by Crippen LogP contribution is 2.22. The van der Waals surface area contributed by atoms with Crippen molar-refractivity contribution in [3.05, 3.63) is 81.5 Å². The van der Waals surface area contributed by atoms with Gasteiger partial charge in [0, 0.05) is 19.2 Å². The summed E-state index contributed by atoms with van der Waals surface area (Å²) in [6, 6.07) is 19.6. The normalized spacial score (nSPS) is 15.4. The molecule has 2 aromatic heterocycles. The molecule has 1 N–H and O–H groups in total. The van der Waals surface area contributed by atoms with Crippen molar-refractivity contribution in [1.82, 2.24) is 19.6 Å². The van der Waals surface area contributed by atoms with Crippen molar-refractivity contribution in [2.45, 2.75) is 19.3 Å². The third-order valence-electron chi connectivity index (χ3n) is 6.22. The minimum absolute atomic E-state index is 0.208. The summed E-state index contributed by atoms with van der Waals surface area (Å²) in [6.45, 7) is 3.53. The number of fused-ring (bicyclic) bond motifs is 3. The van der Waals surface area contributed by atoms with Crippen molar-refractivity contribution in [2.75, 3.05) is 26.2 Å². The number of rotatable bonds is 6. The Bertz CT molecular complexity index is 1290. The molecule has 0 aliphatic carbocycles. The van der Waals surface area contributed by atoms with Crippen LogP contribution in [0.3, 0.4) is 0 Å². The van der Waals surface area contributed by atoms with E-state index in [0.717, 1.165) is 43.0 Å². The lowest BCUT2D eigenvalue weighted by Gasteiger charge is -2.32. The van der Waals surface area contributed by atoms with Crippen molar-refractivity contribution in [1.29, 1.82) is 0 Å². The monoisotopic (exact) mass is 446 g/mol. The van der Waals surface area contributed by atoms with Gasteiger partial charge in [0.1, 0.15) is 4.88 Å². The highest BCUT2D eigenvalue weighted by Gasteiger charge is 2.20. The van der Waals surface area contributed by atoms with E-state index in [4.69, 9.17) is 0 Å². The number of benzene rings is 2. The van der Waals surface area contributed by atoms with Crippen LogP contribution in [0.2, 0.25) is 0 Å². The molecule has 6 nitrogen and oxygen atoms in total. The molecule has 0 saturated carbocycles. The van der Waals surface area contributed by atoms with Crippen LogP contribution in [-0.2, 0) is 6.42 Å². The molecular formula is C25H26N4O2S. The Morgan fingerprint density at radius 2 is 1.81 bits per heavy atom. The third kappa shape index (κ3) is 4.45. The fraction of sp³-hybridized carbons (Fsp3) is 0.320. The highest BCUT2D eigenvalue weighted by molar-refractivity contribution is 7.18. The number of carbonyl (C=O) groups is 1. The maximum absolute atomic E-state index is 12.7. The predicted molar refractivity (Wildman–Crippen MR) is 128 cm³/mol. The smallest absolute Gasteiger partial charge is 0.261 e. The second-order valence-electron chi connectivity index (χ2n) is 8.40. The van der Waals surface area contributed by atoms with Gasteiger partial charge in [-0.15, -0.1) is 0 Å². The van der Waals surface area contributed by atoms with E-state index < -0.39 is 0 Å². The summed E-state index contributed by atoms with van der Waals surface area (Å²) in [5.74, 6) is 0.526. The Hall–Kier alpha value is -3.03. The zero-order chi connectivity index (χ0) is 21.9. The summed E-state index contributed by atoms with van der Waals surface area (Å²) in [4.78, 5) is 33.1. The van der Waals surface area contributed by atoms with E-state index in [0.29, 0.717) is 16.4 Å². The molecule has 32 heavy (non-hydrogen) atoms. The van der Waals surface area contributed by atoms with Crippen LogP contribution in [-0.4, -0.2) is 46.4 Å². The molecule has 1 amide bonds. The van der Waals surface area contributed by atoms with Crippen LogP contribution in [0.1, 0.15) is 28.1 Å². The molecule has 164 valence electrons. The Morgan fingerprint density at radius 3 is 2.62 bits per heavy atom. The first-order valence-electron chi connectivity index (χ1n) is 11.1. The van der Waals surface area contributed by atoms with Gasteiger partial charge in [0.25, 0.3) is 11.5 Å². The van der Waals surface area contributed by atoms with Crippen LogP contribution in [0.4, 0.5) is 0 Å². The maximum atomic E-state index is 12.7. The zero-order valence-electron chi connectivity index (χ0n) is 17.9. The Labute approximate surface area is 190 Å². The maximum Gasteiger partial charge on any atom is 0.261 e. The second-order valence-corrected chi connectivity index (χ2v) is 9.41. The molecule has 1 fully saturated rings. The van der Waals surface area contributed by atoms with Gasteiger partial charge < -0.3 is 10.2 Å². The van der Waals surface area contributed by atoms with Crippen LogP contribution in [0.15, 0.2) is 65.5 Å². The van der Waals surface area contributed by atoms with Crippen LogP contribution < -0.4 is 10.9 Å². The number of imidazole rings is 1. The van der Waals surface area contributed by atoms with E-state index in [1.54, 1.807) is 4.40 Å². The summed E-state index contributed by atoms with van der Waals surface area (Å²) < 4.78 is 1.57. The molecule has 1 aliphatic heterocycles. The van der Waals surface area contributed by atoms with E-state index in [9.17, 15) is 9.59 Å². The van der Waals surface area contributed by atoms with Gasteiger partial charge in [0.15, 0.2) is 4.96 Å². The molecule has 7 heteroatoms. The number of aromatic nitrogens is 2. The molecule has 1 saturated heterocycles. The van der Waals surface area contributed by atoms with E-state index in [2.05, 4.69) is 45.5 Å². The lowest BCUT2D eigenvalue weighted by atomic mass is 9.90. The Kier molecular flexibility index (Phi) is 6.01. The summed E-state index contributed by atoms with van der Waals surface area (Å²) in [5, 5.41) is 2.98. The molecule has 0 atom stereocenters. The van der Waals surface area contributed by atoms with Crippen molar-refractivity contribution in [3.8, 4) is 0 Å². The number of para-hydroxylation sites is 2. The van der Waals surface area contributed by atoms with Crippen LogP contribution in [0.5, 0.6) is 0 Å². The molecule has 4 aromatic rings.